The maximum absolute atomic E-state index is 10.3. The van der Waals surface area contributed by atoms with Crippen molar-refractivity contribution in [2.45, 2.75) is 18.5 Å². The van der Waals surface area contributed by atoms with Gasteiger partial charge < -0.3 is 10.6 Å². The summed E-state index contributed by atoms with van der Waals surface area (Å²) >= 11 is 0. The van der Waals surface area contributed by atoms with Crippen molar-refractivity contribution in [1.82, 2.24) is 16.0 Å². The predicted molar refractivity (Wildman–Crippen MR) is 42.2 cm³/mol. The molecular formula is C7H12N3O2. The molecule has 0 aromatic heterocycles. The zero-order chi connectivity index (χ0) is 8.86. The molecule has 5 heteroatoms. The van der Waals surface area contributed by atoms with Crippen molar-refractivity contribution >= 4 is 12.8 Å². The van der Waals surface area contributed by atoms with Crippen molar-refractivity contribution in [3.63, 3.8) is 0 Å². The van der Waals surface area contributed by atoms with Gasteiger partial charge in [-0.1, -0.05) is 0 Å². The Morgan fingerprint density at radius 2 is 1.58 bits per heavy atom. The molecular weight excluding hydrogens is 158 g/mol. The fourth-order valence-electron chi connectivity index (χ4n) is 1.33. The van der Waals surface area contributed by atoms with Gasteiger partial charge in [-0.25, -0.2) is 5.32 Å². The molecule has 1 fully saturated rings. The highest BCUT2D eigenvalue weighted by atomic mass is 16.1. The van der Waals surface area contributed by atoms with Crippen molar-refractivity contribution < 1.29 is 9.59 Å². The third-order valence-corrected chi connectivity index (χ3v) is 2.06. The number of hydrogen-bond donors (Lipinski definition) is 2. The molecule has 1 rings (SSSR count). The monoisotopic (exact) mass is 170 g/mol. The molecule has 0 saturated carbocycles. The lowest BCUT2D eigenvalue weighted by atomic mass is 9.99. The van der Waals surface area contributed by atoms with Gasteiger partial charge >= 0.3 is 0 Å². The number of carbonyl (C=O) groups excluding carboxylic acids is 2. The smallest absolute Gasteiger partial charge is 0.208 e. The van der Waals surface area contributed by atoms with Crippen molar-refractivity contribution in [2.75, 3.05) is 13.1 Å². The minimum Gasteiger partial charge on any atom is -0.336 e. The van der Waals surface area contributed by atoms with Crippen LogP contribution in [0.5, 0.6) is 0 Å². The Morgan fingerprint density at radius 1 is 1.08 bits per heavy atom. The molecule has 2 amide bonds. The molecule has 1 aliphatic heterocycles. The van der Waals surface area contributed by atoms with Crippen LogP contribution in [0.4, 0.5) is 0 Å². The minimum atomic E-state index is -0.550. The average Bonchev–Trinajstić information content (AvgIpc) is 2.07. The van der Waals surface area contributed by atoms with Gasteiger partial charge in [0.05, 0.1) is 0 Å². The lowest BCUT2D eigenvalue weighted by molar-refractivity contribution is -0.115. The van der Waals surface area contributed by atoms with Gasteiger partial charge in [0.1, 0.15) is 5.66 Å². The zero-order valence-electron chi connectivity index (χ0n) is 6.75. The highest BCUT2D eigenvalue weighted by Crippen LogP contribution is 2.13. The van der Waals surface area contributed by atoms with Crippen LogP contribution >= 0.6 is 0 Å². The summed E-state index contributed by atoms with van der Waals surface area (Å²) in [6.45, 7) is 1.36. The number of piperidine rings is 1. The molecule has 0 unspecified atom stereocenters. The van der Waals surface area contributed by atoms with Gasteiger partial charge in [-0.2, -0.15) is 0 Å². The van der Waals surface area contributed by atoms with Crippen LogP contribution in [0.25, 0.3) is 0 Å². The maximum atomic E-state index is 10.3. The van der Waals surface area contributed by atoms with Gasteiger partial charge in [0.15, 0.2) is 0 Å². The summed E-state index contributed by atoms with van der Waals surface area (Å²) in [6.07, 6.45) is 2.57. The standard InChI is InChI=1S/C7H12N3O2/c11-5-9-7(10-6-12)1-3-8-4-2-7/h5-6H,1-4H2,(H,9,11)(H,10,12). The molecule has 12 heavy (non-hydrogen) atoms. The van der Waals surface area contributed by atoms with E-state index < -0.39 is 5.66 Å². The summed E-state index contributed by atoms with van der Waals surface area (Å²) in [7, 11) is 0. The lowest BCUT2D eigenvalue weighted by Crippen LogP contribution is -2.59. The van der Waals surface area contributed by atoms with E-state index in [2.05, 4.69) is 16.0 Å². The predicted octanol–water partition coefficient (Wildman–Crippen LogP) is -1.43. The number of nitrogens with one attached hydrogen (secondary N) is 2. The number of rotatable bonds is 4. The van der Waals surface area contributed by atoms with Crippen LogP contribution in [0.15, 0.2) is 0 Å². The largest absolute Gasteiger partial charge is 0.336 e. The number of carbonyl (C=O) groups is 2. The Kier molecular flexibility index (Phi) is 3.04. The summed E-state index contributed by atoms with van der Waals surface area (Å²) in [5.74, 6) is 0. The first-order valence-electron chi connectivity index (χ1n) is 3.89. The van der Waals surface area contributed by atoms with Crippen LogP contribution in [0, 0.1) is 0 Å². The summed E-state index contributed by atoms with van der Waals surface area (Å²) in [5.41, 5.74) is -0.550. The molecule has 2 N–H and O–H groups in total. The molecule has 0 spiro atoms. The SMILES string of the molecule is O=CNC1(NC=O)CC[N]CC1. The summed E-state index contributed by atoms with van der Waals surface area (Å²) < 4.78 is 0. The topological polar surface area (TPSA) is 72.3 Å². The quantitative estimate of drug-likeness (QED) is 0.401. The van der Waals surface area contributed by atoms with Crippen molar-refractivity contribution in [3.8, 4) is 0 Å². The first-order chi connectivity index (χ1) is 5.83. The Balaban J connectivity index is 2.55. The zero-order valence-corrected chi connectivity index (χ0v) is 6.75. The van der Waals surface area contributed by atoms with Crippen LogP contribution in [-0.2, 0) is 9.59 Å². The first kappa shape index (κ1) is 8.99. The second kappa shape index (κ2) is 4.06. The lowest BCUT2D eigenvalue weighted by Gasteiger charge is -2.35. The van der Waals surface area contributed by atoms with Gasteiger partial charge in [0.2, 0.25) is 12.8 Å². The van der Waals surface area contributed by atoms with Crippen LogP contribution in [0.1, 0.15) is 12.8 Å². The molecule has 0 aliphatic carbocycles. The molecule has 1 heterocycles. The van der Waals surface area contributed by atoms with Gasteiger partial charge in [-0.05, 0) is 0 Å². The Bertz CT molecular complexity index is 154. The van der Waals surface area contributed by atoms with Crippen LogP contribution in [0.3, 0.4) is 0 Å². The van der Waals surface area contributed by atoms with Gasteiger partial charge in [-0.3, -0.25) is 9.59 Å². The third kappa shape index (κ3) is 1.94. The van der Waals surface area contributed by atoms with E-state index in [1.54, 1.807) is 0 Å². The number of hydrogen-bond acceptors (Lipinski definition) is 2. The highest BCUT2D eigenvalue weighted by molar-refractivity contribution is 5.53. The second-order valence-electron chi connectivity index (χ2n) is 2.78. The molecule has 1 aliphatic rings. The highest BCUT2D eigenvalue weighted by Gasteiger charge is 2.30. The Hall–Kier alpha value is -1.10. The van der Waals surface area contributed by atoms with Crippen molar-refractivity contribution in [2.24, 2.45) is 0 Å². The molecule has 0 aromatic rings. The summed E-state index contributed by atoms with van der Waals surface area (Å²) in [5, 5.41) is 9.36. The maximum Gasteiger partial charge on any atom is 0.208 e. The number of nitrogens with zero attached hydrogens (tertiary/aromatic N) is 1. The van der Waals surface area contributed by atoms with E-state index in [1.165, 1.54) is 0 Å². The Labute approximate surface area is 70.9 Å². The summed E-state index contributed by atoms with van der Waals surface area (Å²) in [4.78, 5) is 20.5. The van der Waals surface area contributed by atoms with E-state index in [9.17, 15) is 9.59 Å². The van der Waals surface area contributed by atoms with Crippen molar-refractivity contribution in [3.05, 3.63) is 0 Å². The van der Waals surface area contributed by atoms with E-state index in [1.807, 2.05) is 0 Å². The fraction of sp³-hybridized carbons (Fsp3) is 0.714. The average molecular weight is 170 g/mol. The van der Waals surface area contributed by atoms with Crippen LogP contribution in [0.2, 0.25) is 0 Å². The van der Waals surface area contributed by atoms with E-state index in [0.717, 1.165) is 0 Å². The van der Waals surface area contributed by atoms with E-state index in [-0.39, 0.29) is 0 Å². The molecule has 5 nitrogen and oxygen atoms in total. The third-order valence-electron chi connectivity index (χ3n) is 2.06. The molecule has 0 aromatic carbocycles. The molecule has 0 bridgehead atoms. The van der Waals surface area contributed by atoms with E-state index in [4.69, 9.17) is 0 Å². The normalized spacial score (nSPS) is 21.0. The van der Waals surface area contributed by atoms with Gasteiger partial charge in [0, 0.05) is 25.9 Å². The van der Waals surface area contributed by atoms with Gasteiger partial charge in [0.25, 0.3) is 0 Å². The molecule has 1 radical (unpaired) electrons. The van der Waals surface area contributed by atoms with E-state index >= 15 is 0 Å². The van der Waals surface area contributed by atoms with Crippen LogP contribution in [-0.4, -0.2) is 31.6 Å². The molecule has 67 valence electrons. The van der Waals surface area contributed by atoms with Crippen molar-refractivity contribution in [1.29, 1.82) is 0 Å². The summed E-state index contributed by atoms with van der Waals surface area (Å²) in [6, 6.07) is 0. The van der Waals surface area contributed by atoms with Gasteiger partial charge in [-0.15, -0.1) is 0 Å². The fourth-order valence-corrected chi connectivity index (χ4v) is 1.33. The Morgan fingerprint density at radius 3 is 2.00 bits per heavy atom. The van der Waals surface area contributed by atoms with Crippen LogP contribution < -0.4 is 16.0 Å². The first-order valence-corrected chi connectivity index (χ1v) is 3.89. The molecule has 0 atom stereocenters. The second-order valence-corrected chi connectivity index (χ2v) is 2.78. The molecule has 1 saturated heterocycles. The van der Waals surface area contributed by atoms with E-state index in [0.29, 0.717) is 38.8 Å². The minimum absolute atomic E-state index is 0.550. The number of amides is 2.